The third kappa shape index (κ3) is 7.55. The van der Waals surface area contributed by atoms with Crippen LogP contribution in [0.4, 0.5) is 8.78 Å². The molecule has 1 aromatic carbocycles. The van der Waals surface area contributed by atoms with Gasteiger partial charge in [0.15, 0.2) is 0 Å². The van der Waals surface area contributed by atoms with Gasteiger partial charge in [-0.15, -0.1) is 0 Å². The van der Waals surface area contributed by atoms with Gasteiger partial charge >= 0.3 is 0 Å². The molecule has 4 rings (SSSR count). The van der Waals surface area contributed by atoms with Crippen LogP contribution in [-0.2, 0) is 24.4 Å². The summed E-state index contributed by atoms with van der Waals surface area (Å²) >= 11 is 1.27. The summed E-state index contributed by atoms with van der Waals surface area (Å²) in [5.41, 5.74) is 1.76. The molecule has 0 saturated carbocycles. The molecule has 33 heavy (non-hydrogen) atoms. The number of nitrogens with zero attached hydrogens (tertiary/aromatic N) is 5. The minimum atomic E-state index is -2.44. The average Bonchev–Trinajstić information content (AvgIpc) is 3.49. The molecule has 1 aliphatic rings. The zero-order valence-corrected chi connectivity index (χ0v) is 18.6. The Bertz CT molecular complexity index is 992. The van der Waals surface area contributed by atoms with Crippen molar-refractivity contribution in [3.05, 3.63) is 60.2 Å². The van der Waals surface area contributed by atoms with Gasteiger partial charge in [-0.2, -0.15) is 10.2 Å². The molecule has 0 unspecified atom stereocenters. The van der Waals surface area contributed by atoms with E-state index in [0.29, 0.717) is 24.6 Å². The van der Waals surface area contributed by atoms with Gasteiger partial charge in [-0.25, -0.2) is 12.9 Å². The number of ether oxygens (including phenoxy) is 1. The topological polar surface area (TPSA) is 106 Å². The molecule has 0 atom stereocenters. The minimum absolute atomic E-state index is 0.0644. The van der Waals surface area contributed by atoms with Crippen LogP contribution in [0.15, 0.2) is 53.8 Å². The molecule has 0 fully saturated rings. The lowest BCUT2D eigenvalue weighted by Gasteiger charge is -2.14. The van der Waals surface area contributed by atoms with E-state index >= 15 is 0 Å². The number of amides is 1. The molecule has 1 aliphatic heterocycles. The van der Waals surface area contributed by atoms with Crippen molar-refractivity contribution in [2.45, 2.75) is 37.4 Å². The van der Waals surface area contributed by atoms with E-state index in [1.54, 1.807) is 15.2 Å². The first-order chi connectivity index (χ1) is 16.0. The molecule has 0 spiro atoms. The number of carbonyl (C=O) groups excluding carboxylic acids is 1. The van der Waals surface area contributed by atoms with Crippen LogP contribution in [0.25, 0.3) is 0 Å². The number of fused-ring (bicyclic) bond motifs is 1. The van der Waals surface area contributed by atoms with Gasteiger partial charge in [0, 0.05) is 42.9 Å². The molecule has 3 aromatic rings. The molecule has 2 N–H and O–H groups in total. The van der Waals surface area contributed by atoms with Crippen LogP contribution in [0.2, 0.25) is 0 Å². The Hall–Kier alpha value is -2.96. The van der Waals surface area contributed by atoms with Gasteiger partial charge in [-0.05, 0) is 12.1 Å². The van der Waals surface area contributed by atoms with Crippen LogP contribution < -0.4 is 4.74 Å². The number of hydrogen-bond acceptors (Lipinski definition) is 7. The van der Waals surface area contributed by atoms with Crippen molar-refractivity contribution in [2.24, 2.45) is 0 Å². The van der Waals surface area contributed by atoms with Crippen molar-refractivity contribution in [3.63, 3.8) is 0 Å². The van der Waals surface area contributed by atoms with Crippen LogP contribution in [-0.4, -0.2) is 66.2 Å². The maximum absolute atomic E-state index is 12.3. The summed E-state index contributed by atoms with van der Waals surface area (Å²) in [7, 11) is 0. The molecule has 0 radical (unpaired) electrons. The minimum Gasteiger partial charge on any atom is -0.491 e. The predicted octanol–water partition coefficient (Wildman–Crippen LogP) is 2.18. The number of rotatable bonds is 9. The number of benzene rings is 1. The zero-order chi connectivity index (χ0) is 23.6. The maximum Gasteiger partial charge on any atom is 0.257 e. The Labute approximate surface area is 193 Å². The lowest BCUT2D eigenvalue weighted by atomic mass is 10.3. The summed E-state index contributed by atoms with van der Waals surface area (Å²) in [6.45, 7) is 0.730. The van der Waals surface area contributed by atoms with Gasteiger partial charge in [0.05, 0.1) is 36.5 Å². The van der Waals surface area contributed by atoms with E-state index in [0.717, 1.165) is 17.0 Å². The second-order valence-electron chi connectivity index (χ2n) is 6.99. The summed E-state index contributed by atoms with van der Waals surface area (Å²) in [6, 6.07) is 9.43. The summed E-state index contributed by atoms with van der Waals surface area (Å²) < 4.78 is 32.5. The first-order valence-electron chi connectivity index (χ1n) is 10.2. The molecular formula is C21H25F2N5O4S. The van der Waals surface area contributed by atoms with Gasteiger partial charge in [0.25, 0.3) is 6.43 Å². The summed E-state index contributed by atoms with van der Waals surface area (Å²) in [4.78, 5) is 14.1. The number of aromatic nitrogens is 4. The van der Waals surface area contributed by atoms with Crippen molar-refractivity contribution < 1.29 is 28.5 Å². The number of alkyl halides is 2. The SMILES string of the molecule is O=C(CCO)N1Cc2cn(Sc3cnn(CC(F)F)c3)nc2C1.OCCOc1ccccc1. The quantitative estimate of drug-likeness (QED) is 0.483. The third-order valence-electron chi connectivity index (χ3n) is 4.47. The Morgan fingerprint density at radius 2 is 1.94 bits per heavy atom. The molecule has 0 saturated heterocycles. The highest BCUT2D eigenvalue weighted by molar-refractivity contribution is 7.97. The highest BCUT2D eigenvalue weighted by Gasteiger charge is 2.26. The number of aliphatic hydroxyl groups is 2. The van der Waals surface area contributed by atoms with E-state index in [9.17, 15) is 13.6 Å². The molecule has 178 valence electrons. The van der Waals surface area contributed by atoms with Gasteiger partial charge in [0.1, 0.15) is 18.9 Å². The number of para-hydroxylation sites is 1. The van der Waals surface area contributed by atoms with E-state index < -0.39 is 13.0 Å². The van der Waals surface area contributed by atoms with Crippen molar-refractivity contribution >= 4 is 17.9 Å². The zero-order valence-electron chi connectivity index (χ0n) is 17.8. The van der Waals surface area contributed by atoms with Crippen LogP contribution in [0, 0.1) is 0 Å². The second-order valence-corrected chi connectivity index (χ2v) is 8.02. The number of halogens is 2. The fraction of sp³-hybridized carbons (Fsp3) is 0.381. The first-order valence-corrected chi connectivity index (χ1v) is 11.0. The second kappa shape index (κ2) is 12.3. The monoisotopic (exact) mass is 481 g/mol. The number of hydrogen-bond donors (Lipinski definition) is 2. The van der Waals surface area contributed by atoms with Crippen LogP contribution in [0.1, 0.15) is 17.7 Å². The number of carbonyl (C=O) groups is 1. The van der Waals surface area contributed by atoms with Crippen LogP contribution in [0.5, 0.6) is 5.75 Å². The largest absolute Gasteiger partial charge is 0.491 e. The van der Waals surface area contributed by atoms with Crippen molar-refractivity contribution in [3.8, 4) is 5.75 Å². The van der Waals surface area contributed by atoms with E-state index in [-0.39, 0.29) is 25.5 Å². The van der Waals surface area contributed by atoms with E-state index in [1.165, 1.54) is 22.8 Å². The molecule has 0 bridgehead atoms. The highest BCUT2D eigenvalue weighted by atomic mass is 32.2. The predicted molar refractivity (Wildman–Crippen MR) is 117 cm³/mol. The smallest absolute Gasteiger partial charge is 0.257 e. The third-order valence-corrected chi connectivity index (χ3v) is 5.27. The molecule has 3 heterocycles. The summed E-state index contributed by atoms with van der Waals surface area (Å²) in [5, 5.41) is 25.5. The van der Waals surface area contributed by atoms with Crippen molar-refractivity contribution in [2.75, 3.05) is 19.8 Å². The Balaban J connectivity index is 0.000000257. The van der Waals surface area contributed by atoms with Gasteiger partial charge in [-0.3, -0.25) is 9.48 Å². The fourth-order valence-corrected chi connectivity index (χ4v) is 3.82. The highest BCUT2D eigenvalue weighted by Crippen LogP contribution is 2.26. The van der Waals surface area contributed by atoms with Crippen molar-refractivity contribution in [1.29, 1.82) is 0 Å². The van der Waals surface area contributed by atoms with Crippen LogP contribution in [0.3, 0.4) is 0 Å². The maximum atomic E-state index is 12.3. The molecule has 9 nitrogen and oxygen atoms in total. The lowest BCUT2D eigenvalue weighted by Crippen LogP contribution is -2.26. The normalized spacial score (nSPS) is 12.5. The molecule has 1 amide bonds. The Morgan fingerprint density at radius 3 is 2.61 bits per heavy atom. The van der Waals surface area contributed by atoms with E-state index in [4.69, 9.17) is 14.9 Å². The standard InChI is InChI=1S/C13H15F2N5O2S.C8H10O2/c14-12(15)8-19-6-10(3-16-19)23-20-5-9-4-18(7-11(9)17-20)13(22)1-2-21;9-6-7-10-8-4-2-1-3-5-8/h3,5-6,12,21H,1-2,4,7-8H2;1-5,9H,6-7H2. The van der Waals surface area contributed by atoms with Crippen LogP contribution >= 0.6 is 11.9 Å². The van der Waals surface area contributed by atoms with Gasteiger partial charge < -0.3 is 19.8 Å². The average molecular weight is 482 g/mol. The van der Waals surface area contributed by atoms with Gasteiger partial charge in [0.2, 0.25) is 5.91 Å². The lowest BCUT2D eigenvalue weighted by molar-refractivity contribution is -0.132. The van der Waals surface area contributed by atoms with Crippen molar-refractivity contribution in [1.82, 2.24) is 23.9 Å². The molecule has 12 heteroatoms. The fourth-order valence-electron chi connectivity index (χ4n) is 3.03. The summed E-state index contributed by atoms with van der Waals surface area (Å²) in [5.74, 6) is 0.703. The van der Waals surface area contributed by atoms with Gasteiger partial charge in [-0.1, -0.05) is 18.2 Å². The van der Waals surface area contributed by atoms with E-state index in [1.807, 2.05) is 36.5 Å². The molecule has 0 aliphatic carbocycles. The molecule has 2 aromatic heterocycles. The summed E-state index contributed by atoms with van der Waals surface area (Å²) in [6.07, 6.45) is 2.54. The Kier molecular flexibility index (Phi) is 9.22. The van der Waals surface area contributed by atoms with E-state index in [2.05, 4.69) is 10.2 Å². The number of aliphatic hydroxyl groups excluding tert-OH is 2. The first kappa shape index (κ1) is 24.7. The molecular weight excluding hydrogens is 456 g/mol. The Morgan fingerprint density at radius 1 is 1.15 bits per heavy atom.